The predicted molar refractivity (Wildman–Crippen MR) is 105 cm³/mol. The van der Waals surface area contributed by atoms with E-state index in [9.17, 15) is 10.4 Å². The van der Waals surface area contributed by atoms with Gasteiger partial charge in [0.2, 0.25) is 0 Å². The number of hydrogen-bond donors (Lipinski definition) is 1. The van der Waals surface area contributed by atoms with Gasteiger partial charge < -0.3 is 9.84 Å². The Labute approximate surface area is 160 Å². The highest BCUT2D eigenvalue weighted by Crippen LogP contribution is 2.40. The van der Waals surface area contributed by atoms with Crippen molar-refractivity contribution in [2.75, 3.05) is 20.3 Å². The summed E-state index contributed by atoms with van der Waals surface area (Å²) in [5.41, 5.74) is 2.84. The van der Waals surface area contributed by atoms with Crippen LogP contribution in [0.3, 0.4) is 0 Å². The number of rotatable bonds is 5. The van der Waals surface area contributed by atoms with Gasteiger partial charge in [0.15, 0.2) is 0 Å². The van der Waals surface area contributed by atoms with Crippen LogP contribution in [0, 0.1) is 23.2 Å². The summed E-state index contributed by atoms with van der Waals surface area (Å²) in [5, 5.41) is 19.2. The number of nitrogens with zero attached hydrogens (tertiary/aromatic N) is 2. The monoisotopic (exact) mass is 358 g/mol. The van der Waals surface area contributed by atoms with Crippen LogP contribution < -0.4 is 4.74 Å². The number of hydrogen-bond acceptors (Lipinski definition) is 4. The molecule has 136 valence electrons. The first-order valence-corrected chi connectivity index (χ1v) is 8.85. The van der Waals surface area contributed by atoms with Gasteiger partial charge in [0.25, 0.3) is 0 Å². The molecule has 2 aromatic rings. The molecule has 1 N–H and O–H groups in total. The fraction of sp³-hybridized carbons (Fsp3) is 0.261. The van der Waals surface area contributed by atoms with Crippen LogP contribution in [0.1, 0.15) is 22.6 Å². The van der Waals surface area contributed by atoms with Crippen LogP contribution in [-0.4, -0.2) is 42.4 Å². The average molecular weight is 358 g/mol. The second-order valence-electron chi connectivity index (χ2n) is 6.44. The Morgan fingerprint density at radius 1 is 1.19 bits per heavy atom. The lowest BCUT2D eigenvalue weighted by atomic mass is 9.75. The summed E-state index contributed by atoms with van der Waals surface area (Å²) >= 11 is 0. The van der Waals surface area contributed by atoms with Crippen LogP contribution in [0.15, 0.2) is 61.2 Å². The molecule has 27 heavy (non-hydrogen) atoms. The molecular formula is C23H22N2O2. The number of methoxy groups -OCH3 is 1. The number of aliphatic hydroxyl groups is 1. The van der Waals surface area contributed by atoms with Crippen LogP contribution in [0.4, 0.5) is 0 Å². The largest absolute Gasteiger partial charge is 0.497 e. The van der Waals surface area contributed by atoms with Gasteiger partial charge >= 0.3 is 0 Å². The molecule has 1 saturated heterocycles. The second kappa shape index (κ2) is 8.56. The quantitative estimate of drug-likeness (QED) is 0.660. The van der Waals surface area contributed by atoms with Crippen LogP contribution in [0.5, 0.6) is 5.75 Å². The minimum Gasteiger partial charge on any atom is -0.497 e. The van der Waals surface area contributed by atoms with Crippen LogP contribution in [0.2, 0.25) is 0 Å². The molecule has 3 atom stereocenters. The van der Waals surface area contributed by atoms with Gasteiger partial charge in [-0.15, -0.1) is 6.58 Å². The van der Waals surface area contributed by atoms with E-state index < -0.39 is 0 Å². The van der Waals surface area contributed by atoms with E-state index in [1.165, 1.54) is 0 Å². The summed E-state index contributed by atoms with van der Waals surface area (Å²) in [6.07, 6.45) is 1.76. The average Bonchev–Trinajstić information content (AvgIpc) is 2.70. The Bertz CT molecular complexity index is 902. The van der Waals surface area contributed by atoms with E-state index >= 15 is 0 Å². The minimum atomic E-state index is -0.242. The van der Waals surface area contributed by atoms with Crippen molar-refractivity contribution in [1.82, 2.24) is 4.90 Å². The third-order valence-corrected chi connectivity index (χ3v) is 4.91. The van der Waals surface area contributed by atoms with Crippen molar-refractivity contribution in [3.8, 4) is 23.7 Å². The van der Waals surface area contributed by atoms with Gasteiger partial charge in [-0.25, -0.2) is 0 Å². The zero-order valence-corrected chi connectivity index (χ0v) is 15.3. The molecule has 1 aliphatic rings. The van der Waals surface area contributed by atoms with Crippen LogP contribution in [-0.2, 0) is 0 Å². The van der Waals surface area contributed by atoms with Gasteiger partial charge in [-0.3, -0.25) is 4.90 Å². The zero-order valence-electron chi connectivity index (χ0n) is 15.3. The first-order chi connectivity index (χ1) is 13.2. The molecule has 0 amide bonds. The predicted octanol–water partition coefficient (Wildman–Crippen LogP) is 2.93. The molecule has 3 rings (SSSR count). The molecule has 0 saturated carbocycles. The van der Waals surface area contributed by atoms with E-state index in [0.29, 0.717) is 6.54 Å². The highest BCUT2D eigenvalue weighted by atomic mass is 16.5. The normalized spacial score (nSPS) is 21.3. The summed E-state index contributed by atoms with van der Waals surface area (Å²) in [6.45, 7) is 4.35. The molecule has 0 unspecified atom stereocenters. The van der Waals surface area contributed by atoms with Crippen molar-refractivity contribution < 1.29 is 9.84 Å². The Morgan fingerprint density at radius 3 is 2.56 bits per heavy atom. The second-order valence-corrected chi connectivity index (χ2v) is 6.44. The third-order valence-electron chi connectivity index (χ3n) is 4.91. The van der Waals surface area contributed by atoms with Crippen molar-refractivity contribution in [3.05, 3.63) is 77.9 Å². The maximum atomic E-state index is 9.72. The zero-order chi connectivity index (χ0) is 19.2. The lowest BCUT2D eigenvalue weighted by Crippen LogP contribution is -2.63. The number of likely N-dealkylation sites (tertiary alicyclic amines) is 1. The molecule has 0 spiro atoms. The summed E-state index contributed by atoms with van der Waals surface area (Å²) in [6, 6.07) is 17.6. The van der Waals surface area contributed by atoms with Gasteiger partial charge in [-0.2, -0.15) is 5.26 Å². The van der Waals surface area contributed by atoms with Crippen molar-refractivity contribution >= 4 is 0 Å². The van der Waals surface area contributed by atoms with E-state index in [2.05, 4.69) is 24.5 Å². The van der Waals surface area contributed by atoms with E-state index in [1.807, 2.05) is 53.4 Å². The molecule has 0 aliphatic carbocycles. The van der Waals surface area contributed by atoms with Crippen molar-refractivity contribution in [2.24, 2.45) is 0 Å². The van der Waals surface area contributed by atoms with Gasteiger partial charge in [0.05, 0.1) is 19.8 Å². The molecule has 0 radical (unpaired) electrons. The number of nitriles is 1. The van der Waals surface area contributed by atoms with Crippen molar-refractivity contribution in [1.29, 1.82) is 5.26 Å². The molecule has 4 nitrogen and oxygen atoms in total. The van der Waals surface area contributed by atoms with Gasteiger partial charge in [-0.05, 0) is 35.9 Å². The Kier molecular flexibility index (Phi) is 5.94. The summed E-state index contributed by atoms with van der Waals surface area (Å²) < 4.78 is 5.21. The van der Waals surface area contributed by atoms with Crippen molar-refractivity contribution in [3.63, 3.8) is 0 Å². The topological polar surface area (TPSA) is 56.5 Å². The van der Waals surface area contributed by atoms with E-state index in [4.69, 9.17) is 4.74 Å². The molecule has 4 heteroatoms. The Morgan fingerprint density at radius 2 is 1.93 bits per heavy atom. The fourth-order valence-corrected chi connectivity index (χ4v) is 3.54. The third kappa shape index (κ3) is 3.88. The summed E-state index contributed by atoms with van der Waals surface area (Å²) in [7, 11) is 1.63. The molecule has 1 heterocycles. The van der Waals surface area contributed by atoms with Crippen LogP contribution in [0.25, 0.3) is 0 Å². The fourth-order valence-electron chi connectivity index (χ4n) is 3.54. The maximum absolute atomic E-state index is 9.72. The maximum Gasteiger partial charge on any atom is 0.120 e. The van der Waals surface area contributed by atoms with Crippen molar-refractivity contribution in [2.45, 2.75) is 18.0 Å². The first-order valence-electron chi connectivity index (χ1n) is 8.85. The Balaban J connectivity index is 1.77. The van der Waals surface area contributed by atoms with Gasteiger partial charge in [0.1, 0.15) is 11.8 Å². The molecule has 0 aromatic heterocycles. The van der Waals surface area contributed by atoms with E-state index in [1.54, 1.807) is 13.2 Å². The van der Waals surface area contributed by atoms with Crippen LogP contribution >= 0.6 is 0 Å². The minimum absolute atomic E-state index is 0.000318. The Hall–Kier alpha value is -3.05. The summed E-state index contributed by atoms with van der Waals surface area (Å²) in [4.78, 5) is 1.98. The SMILES string of the molecule is C=CCN1[C@H](C#N)[C@@H](c2ccc(C#Cc3cccc(OC)c3)cc2)[C@H]1CO. The molecular weight excluding hydrogens is 336 g/mol. The van der Waals surface area contributed by atoms with Gasteiger partial charge in [-0.1, -0.05) is 36.1 Å². The number of benzene rings is 2. The lowest BCUT2D eigenvalue weighted by molar-refractivity contribution is -0.00730. The molecule has 1 fully saturated rings. The van der Waals surface area contributed by atoms with E-state index in [-0.39, 0.29) is 24.6 Å². The highest BCUT2D eigenvalue weighted by Gasteiger charge is 2.48. The number of ether oxygens (including phenoxy) is 1. The smallest absolute Gasteiger partial charge is 0.120 e. The summed E-state index contributed by atoms with van der Waals surface area (Å²) in [5.74, 6) is 7.07. The lowest BCUT2D eigenvalue weighted by Gasteiger charge is -2.51. The molecule has 0 bridgehead atoms. The first kappa shape index (κ1) is 18.7. The standard InChI is InChI=1S/C23H22N2O2/c1-3-13-25-21(15-24)23(22(25)16-26)19-11-9-17(10-12-19)7-8-18-5-4-6-20(14-18)27-2/h3-6,9-12,14,21-23,26H,1,13,16H2,2H3/t21-,22-,23-/m1/s1. The highest BCUT2D eigenvalue weighted by molar-refractivity contribution is 5.46. The molecule has 2 aromatic carbocycles. The number of aliphatic hydroxyl groups excluding tert-OH is 1. The van der Waals surface area contributed by atoms with Gasteiger partial charge in [0, 0.05) is 29.6 Å². The molecule has 1 aliphatic heterocycles. The van der Waals surface area contributed by atoms with E-state index in [0.717, 1.165) is 22.4 Å².